The molecule has 0 amide bonds. The Kier molecular flexibility index (Phi) is 8.92. The molecular weight excluding hydrogens is 718 g/mol. The zero-order chi connectivity index (χ0) is 31.2. The predicted octanol–water partition coefficient (Wildman–Crippen LogP) is 4.82. The maximum absolute atomic E-state index is 13.6. The molecule has 220 valence electrons. The van der Waals surface area contributed by atoms with Crippen molar-refractivity contribution in [1.82, 2.24) is 18.3 Å². The van der Waals surface area contributed by atoms with E-state index in [-0.39, 0.29) is 33.0 Å². The number of halogens is 2. The minimum Gasteiger partial charge on any atom is -0.494 e. The number of nitrogens with zero attached hydrogens (tertiary/aromatic N) is 5. The zero-order valence-corrected chi connectivity index (χ0v) is 27.3. The van der Waals surface area contributed by atoms with E-state index in [2.05, 4.69) is 31.9 Å². The van der Waals surface area contributed by atoms with E-state index < -0.39 is 33.7 Å². The predicted molar refractivity (Wildman–Crippen MR) is 167 cm³/mol. The summed E-state index contributed by atoms with van der Waals surface area (Å²) < 4.78 is 11.6. The second kappa shape index (κ2) is 11.9. The molecular formula is C26H23Br2N5O7S2. The van der Waals surface area contributed by atoms with Gasteiger partial charge in [-0.15, -0.1) is 0 Å². The van der Waals surface area contributed by atoms with Gasteiger partial charge in [-0.3, -0.25) is 38.0 Å². The van der Waals surface area contributed by atoms with E-state index in [0.29, 0.717) is 25.8 Å². The van der Waals surface area contributed by atoms with Crippen molar-refractivity contribution in [3.8, 4) is 17.5 Å². The molecule has 0 fully saturated rings. The van der Waals surface area contributed by atoms with Gasteiger partial charge in [0.1, 0.15) is 12.4 Å². The van der Waals surface area contributed by atoms with Crippen molar-refractivity contribution in [3.05, 3.63) is 108 Å². The van der Waals surface area contributed by atoms with Gasteiger partial charge in [-0.05, 0) is 79.6 Å². The first-order valence-corrected chi connectivity index (χ1v) is 14.4. The number of aromatic hydroxyl groups is 2. The molecule has 0 saturated heterocycles. The molecule has 0 bridgehead atoms. The minimum absolute atomic E-state index is 0.00340. The van der Waals surface area contributed by atoms with Crippen LogP contribution in [0.3, 0.4) is 0 Å². The molecule has 2 aromatic carbocycles. The van der Waals surface area contributed by atoms with Crippen LogP contribution < -0.4 is 15.9 Å². The summed E-state index contributed by atoms with van der Waals surface area (Å²) in [6.07, 6.45) is 0. The third-order valence-corrected chi connectivity index (χ3v) is 9.04. The first kappa shape index (κ1) is 31.3. The van der Waals surface area contributed by atoms with E-state index in [0.717, 1.165) is 9.13 Å². The van der Waals surface area contributed by atoms with Gasteiger partial charge in [0.2, 0.25) is 11.8 Å². The standard InChI is InChI=1S/C26H23Br2N5O7S2/c1-29-21(34)18(22(35)30(2)25(29)41)17(19-23(36)31(3)26(42)32(4)24(19)37)13-9-15(27)20(16(28)10-13)40-11-12-6-5-7-14(8-12)33(38)39/h5-10,17,34,36H,11H2,1-4H3. The number of aromatic nitrogens is 4. The van der Waals surface area contributed by atoms with Crippen LogP contribution in [0.25, 0.3) is 0 Å². The van der Waals surface area contributed by atoms with Gasteiger partial charge in [0, 0.05) is 40.3 Å². The summed E-state index contributed by atoms with van der Waals surface area (Å²) in [5.74, 6) is -1.93. The summed E-state index contributed by atoms with van der Waals surface area (Å²) in [6, 6.07) is 9.17. The van der Waals surface area contributed by atoms with Crippen molar-refractivity contribution in [2.45, 2.75) is 12.5 Å². The van der Waals surface area contributed by atoms with Crippen molar-refractivity contribution in [3.63, 3.8) is 0 Å². The van der Waals surface area contributed by atoms with Gasteiger partial charge >= 0.3 is 0 Å². The molecule has 0 unspecified atom stereocenters. The quantitative estimate of drug-likeness (QED) is 0.155. The minimum atomic E-state index is -1.29. The van der Waals surface area contributed by atoms with Crippen LogP contribution >= 0.6 is 56.3 Å². The van der Waals surface area contributed by atoms with Crippen molar-refractivity contribution < 1.29 is 19.9 Å². The third-order valence-electron chi connectivity index (χ3n) is 6.77. The van der Waals surface area contributed by atoms with Crippen molar-refractivity contribution in [2.24, 2.45) is 28.2 Å². The van der Waals surface area contributed by atoms with Gasteiger partial charge in [-0.2, -0.15) is 0 Å². The second-order valence-electron chi connectivity index (χ2n) is 9.35. The van der Waals surface area contributed by atoms with Crippen LogP contribution in [0.2, 0.25) is 0 Å². The highest BCUT2D eigenvalue weighted by molar-refractivity contribution is 9.11. The Balaban J connectivity index is 1.96. The summed E-state index contributed by atoms with van der Waals surface area (Å²) in [5, 5.41) is 33.5. The average molecular weight is 741 g/mol. The van der Waals surface area contributed by atoms with E-state index in [1.165, 1.54) is 49.5 Å². The molecule has 0 radical (unpaired) electrons. The summed E-state index contributed by atoms with van der Waals surface area (Å²) in [4.78, 5) is 37.8. The van der Waals surface area contributed by atoms with Gasteiger partial charge < -0.3 is 14.9 Å². The van der Waals surface area contributed by atoms with Gasteiger partial charge in [-0.25, -0.2) is 0 Å². The lowest BCUT2D eigenvalue weighted by molar-refractivity contribution is -0.384. The molecule has 0 aliphatic carbocycles. The Morgan fingerprint density at radius 3 is 1.81 bits per heavy atom. The Morgan fingerprint density at radius 1 is 0.881 bits per heavy atom. The van der Waals surface area contributed by atoms with Gasteiger partial charge in [-0.1, -0.05) is 12.1 Å². The third kappa shape index (κ3) is 5.46. The fraction of sp³-hybridized carbons (Fsp3) is 0.231. The number of ether oxygens (including phenoxy) is 1. The van der Waals surface area contributed by atoms with Crippen molar-refractivity contribution >= 4 is 62.0 Å². The highest BCUT2D eigenvalue weighted by atomic mass is 79.9. The Bertz CT molecular complexity index is 1910. The molecule has 2 heterocycles. The Morgan fingerprint density at radius 2 is 1.36 bits per heavy atom. The van der Waals surface area contributed by atoms with Gasteiger partial charge in [0.05, 0.1) is 30.9 Å². The lowest BCUT2D eigenvalue weighted by atomic mass is 9.86. The highest BCUT2D eigenvalue weighted by Crippen LogP contribution is 2.42. The zero-order valence-electron chi connectivity index (χ0n) is 22.5. The van der Waals surface area contributed by atoms with E-state index in [4.69, 9.17) is 29.2 Å². The van der Waals surface area contributed by atoms with Crippen LogP contribution in [0.5, 0.6) is 17.5 Å². The van der Waals surface area contributed by atoms with Crippen LogP contribution in [0.4, 0.5) is 5.69 Å². The number of hydrogen-bond acceptors (Lipinski definition) is 9. The molecule has 2 aromatic heterocycles. The number of non-ortho nitro benzene ring substituents is 1. The van der Waals surface area contributed by atoms with E-state index in [9.17, 15) is 29.9 Å². The molecule has 0 aliphatic rings. The monoisotopic (exact) mass is 739 g/mol. The van der Waals surface area contributed by atoms with E-state index >= 15 is 0 Å². The molecule has 42 heavy (non-hydrogen) atoms. The fourth-order valence-electron chi connectivity index (χ4n) is 4.50. The number of nitro groups is 1. The average Bonchev–Trinajstić information content (AvgIpc) is 2.95. The van der Waals surface area contributed by atoms with Gasteiger partial charge in [0.15, 0.2) is 9.54 Å². The van der Waals surface area contributed by atoms with Crippen molar-refractivity contribution in [2.75, 3.05) is 0 Å². The second-order valence-corrected chi connectivity index (χ2v) is 11.8. The van der Waals surface area contributed by atoms with E-state index in [1.54, 1.807) is 24.3 Å². The van der Waals surface area contributed by atoms with Crippen LogP contribution in [-0.2, 0) is 34.8 Å². The lowest BCUT2D eigenvalue weighted by Crippen LogP contribution is -2.33. The maximum atomic E-state index is 13.6. The number of benzene rings is 2. The molecule has 0 aliphatic heterocycles. The number of rotatable bonds is 7. The molecule has 2 N–H and O–H groups in total. The highest BCUT2D eigenvalue weighted by Gasteiger charge is 2.33. The number of hydrogen-bond donors (Lipinski definition) is 2. The first-order valence-electron chi connectivity index (χ1n) is 12.0. The van der Waals surface area contributed by atoms with Crippen LogP contribution in [-0.4, -0.2) is 33.4 Å². The molecule has 4 rings (SSSR count). The molecule has 0 atom stereocenters. The summed E-state index contributed by atoms with van der Waals surface area (Å²) >= 11 is 17.5. The first-order chi connectivity index (χ1) is 19.7. The molecule has 16 heteroatoms. The van der Waals surface area contributed by atoms with Crippen LogP contribution in [0.15, 0.2) is 54.9 Å². The molecule has 4 aromatic rings. The topological polar surface area (TPSA) is 147 Å². The summed E-state index contributed by atoms with van der Waals surface area (Å²) in [7, 11) is 5.81. The fourth-order valence-corrected chi connectivity index (χ4v) is 6.29. The molecule has 12 nitrogen and oxygen atoms in total. The largest absolute Gasteiger partial charge is 0.494 e. The van der Waals surface area contributed by atoms with Crippen LogP contribution in [0, 0.1) is 19.7 Å². The lowest BCUT2D eigenvalue weighted by Gasteiger charge is -2.24. The number of nitro benzene ring substituents is 1. The maximum Gasteiger partial charge on any atom is 0.269 e. The van der Waals surface area contributed by atoms with Crippen LogP contribution in [0.1, 0.15) is 28.2 Å². The summed E-state index contributed by atoms with van der Waals surface area (Å²) in [5.41, 5.74) is -0.961. The van der Waals surface area contributed by atoms with Gasteiger partial charge in [0.25, 0.3) is 16.8 Å². The Labute approximate surface area is 265 Å². The molecule has 0 spiro atoms. The normalized spacial score (nSPS) is 11.2. The van der Waals surface area contributed by atoms with Crippen molar-refractivity contribution in [1.29, 1.82) is 0 Å². The smallest absolute Gasteiger partial charge is 0.269 e. The molecule has 0 saturated carbocycles. The summed E-state index contributed by atoms with van der Waals surface area (Å²) in [6.45, 7) is -0.00340. The Hall–Kier alpha value is -3.60. The van der Waals surface area contributed by atoms with E-state index in [1.807, 2.05) is 0 Å². The SMILES string of the molecule is Cn1c(O)c(C(c2cc(Br)c(OCc3cccc([N+](=O)[O-])c3)c(Br)c2)c2c(O)n(C)c(=S)n(C)c2=O)c(=O)n(C)c1=S.